The fourth-order valence-corrected chi connectivity index (χ4v) is 1.66. The summed E-state index contributed by atoms with van der Waals surface area (Å²) in [6, 6.07) is 3.86. The molecule has 10 heteroatoms. The Morgan fingerprint density at radius 2 is 2.11 bits per heavy atom. The highest BCUT2D eigenvalue weighted by atomic mass is 79.9. The van der Waals surface area contributed by atoms with Gasteiger partial charge in [-0.05, 0) is 33.6 Å². The number of nitrogens with zero attached hydrogens (tertiary/aromatic N) is 4. The van der Waals surface area contributed by atoms with Gasteiger partial charge < -0.3 is 10.5 Å². The van der Waals surface area contributed by atoms with Gasteiger partial charge in [0.15, 0.2) is 5.75 Å². The lowest BCUT2D eigenvalue weighted by Gasteiger charge is -2.06. The molecule has 0 atom stereocenters. The highest BCUT2D eigenvalue weighted by Gasteiger charge is 2.13. The van der Waals surface area contributed by atoms with E-state index in [1.54, 1.807) is 0 Å². The molecule has 0 spiro atoms. The molecule has 1 aromatic heterocycles. The van der Waals surface area contributed by atoms with E-state index in [1.807, 2.05) is 0 Å². The van der Waals surface area contributed by atoms with E-state index in [-0.39, 0.29) is 28.7 Å². The third-order valence-corrected chi connectivity index (χ3v) is 2.76. The molecule has 0 saturated carbocycles. The number of nitrogen functional groups attached to an aromatic ring is 1. The molecule has 0 fully saturated rings. The van der Waals surface area contributed by atoms with Crippen LogP contribution in [0.4, 0.5) is 11.6 Å². The van der Waals surface area contributed by atoms with Gasteiger partial charge >= 0.3 is 6.01 Å². The van der Waals surface area contributed by atoms with E-state index in [4.69, 9.17) is 22.1 Å². The SMILES string of the molecule is Nc1nc(Cl)nc(Oc2cc([N+](=O)[O-])ccc2Br)n1. The van der Waals surface area contributed by atoms with E-state index in [0.717, 1.165) is 0 Å². The highest BCUT2D eigenvalue weighted by molar-refractivity contribution is 9.10. The van der Waals surface area contributed by atoms with E-state index < -0.39 is 4.92 Å². The Labute approximate surface area is 119 Å². The first-order valence-corrected chi connectivity index (χ1v) is 5.91. The van der Waals surface area contributed by atoms with Crippen LogP contribution < -0.4 is 10.5 Å². The van der Waals surface area contributed by atoms with Crippen molar-refractivity contribution in [3.05, 3.63) is 38.1 Å². The molecule has 0 aliphatic rings. The number of nitro groups is 1. The number of hydrogen-bond acceptors (Lipinski definition) is 7. The van der Waals surface area contributed by atoms with Gasteiger partial charge in [0.2, 0.25) is 11.2 Å². The molecule has 0 saturated heterocycles. The fourth-order valence-electron chi connectivity index (χ4n) is 1.17. The molecule has 0 aliphatic carbocycles. The number of non-ortho nitro benzene ring substituents is 1. The maximum Gasteiger partial charge on any atom is 0.328 e. The van der Waals surface area contributed by atoms with E-state index in [0.29, 0.717) is 4.47 Å². The first-order chi connectivity index (χ1) is 8.95. The number of anilines is 1. The lowest BCUT2D eigenvalue weighted by atomic mass is 10.3. The predicted molar refractivity (Wildman–Crippen MR) is 70.1 cm³/mol. The minimum atomic E-state index is -0.548. The van der Waals surface area contributed by atoms with Crippen LogP contribution in [-0.2, 0) is 0 Å². The van der Waals surface area contributed by atoms with Crippen LogP contribution in [0.5, 0.6) is 11.8 Å². The molecule has 0 unspecified atom stereocenters. The fraction of sp³-hybridized carbons (Fsp3) is 0. The smallest absolute Gasteiger partial charge is 0.328 e. The van der Waals surface area contributed by atoms with Crippen molar-refractivity contribution in [2.75, 3.05) is 5.73 Å². The molecule has 98 valence electrons. The van der Waals surface area contributed by atoms with Crippen LogP contribution >= 0.6 is 27.5 Å². The van der Waals surface area contributed by atoms with E-state index >= 15 is 0 Å². The average Bonchev–Trinajstić information content (AvgIpc) is 2.30. The van der Waals surface area contributed by atoms with Gasteiger partial charge in [-0.25, -0.2) is 0 Å². The van der Waals surface area contributed by atoms with Gasteiger partial charge in [0, 0.05) is 6.07 Å². The normalized spacial score (nSPS) is 10.2. The van der Waals surface area contributed by atoms with Gasteiger partial charge in [0.05, 0.1) is 15.5 Å². The third-order valence-electron chi connectivity index (χ3n) is 1.93. The Morgan fingerprint density at radius 1 is 1.37 bits per heavy atom. The van der Waals surface area contributed by atoms with Crippen molar-refractivity contribution in [1.29, 1.82) is 0 Å². The zero-order chi connectivity index (χ0) is 14.0. The molecule has 0 amide bonds. The Balaban J connectivity index is 2.37. The van der Waals surface area contributed by atoms with Crippen LogP contribution in [0.3, 0.4) is 0 Å². The van der Waals surface area contributed by atoms with Crippen LogP contribution in [0, 0.1) is 10.1 Å². The van der Waals surface area contributed by atoms with Gasteiger partial charge in [-0.3, -0.25) is 10.1 Å². The Morgan fingerprint density at radius 3 is 2.74 bits per heavy atom. The second-order valence-corrected chi connectivity index (χ2v) is 4.41. The number of nitro benzene ring substituents is 1. The van der Waals surface area contributed by atoms with Crippen molar-refractivity contribution in [3.63, 3.8) is 0 Å². The minimum Gasteiger partial charge on any atom is -0.423 e. The van der Waals surface area contributed by atoms with Crippen molar-refractivity contribution >= 4 is 39.2 Å². The summed E-state index contributed by atoms with van der Waals surface area (Å²) in [5.74, 6) is 0.0485. The van der Waals surface area contributed by atoms with Crippen molar-refractivity contribution in [2.45, 2.75) is 0 Å². The number of aromatic nitrogens is 3. The minimum absolute atomic E-state index is 0.114. The molecule has 2 N–H and O–H groups in total. The first-order valence-electron chi connectivity index (χ1n) is 4.74. The summed E-state index contributed by atoms with van der Waals surface area (Å²) in [7, 11) is 0. The number of benzene rings is 1. The summed E-state index contributed by atoms with van der Waals surface area (Å²) in [6.45, 7) is 0. The van der Waals surface area contributed by atoms with Crippen molar-refractivity contribution < 1.29 is 9.66 Å². The zero-order valence-electron chi connectivity index (χ0n) is 9.08. The summed E-state index contributed by atoms with van der Waals surface area (Å²) in [4.78, 5) is 21.1. The maximum absolute atomic E-state index is 10.7. The Hall–Kier alpha value is -2.00. The largest absolute Gasteiger partial charge is 0.423 e. The monoisotopic (exact) mass is 345 g/mol. The van der Waals surface area contributed by atoms with Gasteiger partial charge in [0.25, 0.3) is 5.69 Å². The molecule has 8 nitrogen and oxygen atoms in total. The van der Waals surface area contributed by atoms with Gasteiger partial charge in [-0.2, -0.15) is 15.0 Å². The molecule has 2 rings (SSSR count). The van der Waals surface area contributed by atoms with E-state index in [2.05, 4.69) is 30.9 Å². The van der Waals surface area contributed by atoms with Crippen molar-refractivity contribution in [1.82, 2.24) is 15.0 Å². The quantitative estimate of drug-likeness (QED) is 0.670. The molecule has 19 heavy (non-hydrogen) atoms. The molecule has 1 aromatic carbocycles. The molecule has 2 aromatic rings. The number of hydrogen-bond donors (Lipinski definition) is 1. The number of rotatable bonds is 3. The van der Waals surface area contributed by atoms with Crippen LogP contribution in [-0.4, -0.2) is 19.9 Å². The van der Waals surface area contributed by atoms with Crippen molar-refractivity contribution in [3.8, 4) is 11.8 Å². The summed E-state index contributed by atoms with van der Waals surface area (Å²) in [5, 5.41) is 10.5. The molecular formula is C9H5BrClN5O3. The number of nitrogens with two attached hydrogens (primary N) is 1. The zero-order valence-corrected chi connectivity index (χ0v) is 11.4. The highest BCUT2D eigenvalue weighted by Crippen LogP contribution is 2.32. The second kappa shape index (κ2) is 5.33. The second-order valence-electron chi connectivity index (χ2n) is 3.22. The predicted octanol–water partition coefficient (Wildman–Crippen LogP) is 2.57. The summed E-state index contributed by atoms with van der Waals surface area (Å²) < 4.78 is 5.78. The topological polar surface area (TPSA) is 117 Å². The average molecular weight is 347 g/mol. The molecule has 1 heterocycles. The number of ether oxygens (including phenoxy) is 1. The summed E-state index contributed by atoms with van der Waals surface area (Å²) in [6.07, 6.45) is 0. The lowest BCUT2D eigenvalue weighted by molar-refractivity contribution is -0.384. The van der Waals surface area contributed by atoms with Gasteiger partial charge in [0.1, 0.15) is 0 Å². The van der Waals surface area contributed by atoms with Crippen molar-refractivity contribution in [2.24, 2.45) is 0 Å². The maximum atomic E-state index is 10.7. The van der Waals surface area contributed by atoms with Gasteiger partial charge in [-0.15, -0.1) is 0 Å². The molecular weight excluding hydrogens is 341 g/mol. The number of halogens is 2. The van der Waals surface area contributed by atoms with Gasteiger partial charge in [-0.1, -0.05) is 0 Å². The van der Waals surface area contributed by atoms with E-state index in [1.165, 1.54) is 18.2 Å². The summed E-state index contributed by atoms with van der Waals surface area (Å²) >= 11 is 8.79. The van der Waals surface area contributed by atoms with Crippen LogP contribution in [0.15, 0.2) is 22.7 Å². The molecule has 0 aliphatic heterocycles. The van der Waals surface area contributed by atoms with E-state index in [9.17, 15) is 10.1 Å². The molecule has 0 radical (unpaired) electrons. The Kier molecular flexibility index (Phi) is 3.76. The third kappa shape index (κ3) is 3.26. The standard InChI is InChI=1S/C9H5BrClN5O3/c10-5-2-1-4(16(17)18)3-6(5)19-9-14-7(11)13-8(12)15-9/h1-3H,(H2,12,13,14,15). The lowest BCUT2D eigenvalue weighted by Crippen LogP contribution is -2.01. The van der Waals surface area contributed by atoms with Crippen LogP contribution in [0.2, 0.25) is 5.28 Å². The summed E-state index contributed by atoms with van der Waals surface area (Å²) in [5.41, 5.74) is 5.25. The first kappa shape index (κ1) is 13.4. The Bertz CT molecular complexity index is 633. The molecule has 0 bridgehead atoms. The van der Waals surface area contributed by atoms with Crippen LogP contribution in [0.25, 0.3) is 0 Å². The van der Waals surface area contributed by atoms with Crippen LogP contribution in [0.1, 0.15) is 0 Å².